The van der Waals surface area contributed by atoms with E-state index in [0.29, 0.717) is 0 Å². The molecule has 0 aromatic carbocycles. The van der Waals surface area contributed by atoms with Crippen molar-refractivity contribution in [2.24, 2.45) is 5.92 Å². The van der Waals surface area contributed by atoms with Gasteiger partial charge in [-0.25, -0.2) is 0 Å². The summed E-state index contributed by atoms with van der Waals surface area (Å²) in [4.78, 5) is 6.84. The van der Waals surface area contributed by atoms with Crippen molar-refractivity contribution < 1.29 is 0 Å². The minimum absolute atomic E-state index is 0.882. The zero-order chi connectivity index (χ0) is 13.6. The van der Waals surface area contributed by atoms with Crippen LogP contribution in [0.5, 0.6) is 0 Å². The molecular weight excluding hydrogens is 266 g/mol. The standard InChI is InChI=1S/C16H27N3S/c1-4-15(12-17-6-1)13-18-7-3-8-19(10-9-18)14-16-5-2-11-20-16/h2,5,11,15,17H,1,3-4,6-10,12-14H2/t15-/m1/s1. The summed E-state index contributed by atoms with van der Waals surface area (Å²) in [5, 5.41) is 5.73. The van der Waals surface area contributed by atoms with Gasteiger partial charge in [0.1, 0.15) is 0 Å². The van der Waals surface area contributed by atoms with Gasteiger partial charge < -0.3 is 10.2 Å². The molecule has 1 N–H and O–H groups in total. The van der Waals surface area contributed by atoms with Gasteiger partial charge in [-0.15, -0.1) is 11.3 Å². The lowest BCUT2D eigenvalue weighted by atomic mass is 9.99. The van der Waals surface area contributed by atoms with Gasteiger partial charge in [-0.05, 0) is 62.8 Å². The summed E-state index contributed by atoms with van der Waals surface area (Å²) in [5.41, 5.74) is 0. The molecule has 3 nitrogen and oxygen atoms in total. The summed E-state index contributed by atoms with van der Waals surface area (Å²) >= 11 is 1.89. The van der Waals surface area contributed by atoms with Crippen LogP contribution in [0.1, 0.15) is 24.1 Å². The predicted octanol–water partition coefficient (Wildman–Crippen LogP) is 2.26. The molecule has 0 bridgehead atoms. The highest BCUT2D eigenvalue weighted by Gasteiger charge is 2.20. The molecule has 1 aromatic rings. The first-order valence-corrected chi connectivity index (χ1v) is 8.96. The van der Waals surface area contributed by atoms with E-state index in [-0.39, 0.29) is 0 Å². The maximum absolute atomic E-state index is 3.54. The van der Waals surface area contributed by atoms with Gasteiger partial charge in [0, 0.05) is 31.1 Å². The van der Waals surface area contributed by atoms with E-state index in [1.54, 1.807) is 0 Å². The molecule has 2 saturated heterocycles. The summed E-state index contributed by atoms with van der Waals surface area (Å²) in [7, 11) is 0. The van der Waals surface area contributed by atoms with Crippen molar-refractivity contribution in [3.63, 3.8) is 0 Å². The van der Waals surface area contributed by atoms with Gasteiger partial charge in [0.05, 0.1) is 0 Å². The van der Waals surface area contributed by atoms with Crippen LogP contribution in [0.3, 0.4) is 0 Å². The molecule has 0 unspecified atom stereocenters. The van der Waals surface area contributed by atoms with E-state index < -0.39 is 0 Å². The molecule has 2 aliphatic rings. The molecule has 0 spiro atoms. The molecule has 0 radical (unpaired) electrons. The third kappa shape index (κ3) is 4.29. The molecule has 2 aliphatic heterocycles. The van der Waals surface area contributed by atoms with Crippen LogP contribution < -0.4 is 5.32 Å². The zero-order valence-corrected chi connectivity index (χ0v) is 13.2. The number of hydrogen-bond acceptors (Lipinski definition) is 4. The highest BCUT2D eigenvalue weighted by atomic mass is 32.1. The van der Waals surface area contributed by atoms with Crippen LogP contribution in [0.15, 0.2) is 17.5 Å². The molecule has 0 aliphatic carbocycles. The number of thiophene rings is 1. The van der Waals surface area contributed by atoms with Gasteiger partial charge >= 0.3 is 0 Å². The predicted molar refractivity (Wildman–Crippen MR) is 86.2 cm³/mol. The Morgan fingerprint density at radius 1 is 1.15 bits per heavy atom. The average molecular weight is 293 g/mol. The third-order valence-corrected chi connectivity index (χ3v) is 5.42. The normalized spacial score (nSPS) is 26.5. The Morgan fingerprint density at radius 3 is 2.85 bits per heavy atom. The highest BCUT2D eigenvalue weighted by Crippen LogP contribution is 2.16. The van der Waals surface area contributed by atoms with Gasteiger partial charge in [-0.1, -0.05) is 6.07 Å². The molecule has 4 heteroatoms. The largest absolute Gasteiger partial charge is 0.316 e. The maximum Gasteiger partial charge on any atom is 0.0328 e. The summed E-state index contributed by atoms with van der Waals surface area (Å²) in [6.07, 6.45) is 4.11. The summed E-state index contributed by atoms with van der Waals surface area (Å²) < 4.78 is 0. The molecule has 2 fully saturated rings. The van der Waals surface area contributed by atoms with Gasteiger partial charge in [0.2, 0.25) is 0 Å². The molecule has 1 aromatic heterocycles. The van der Waals surface area contributed by atoms with Crippen LogP contribution in [0.2, 0.25) is 0 Å². The number of nitrogens with one attached hydrogen (secondary N) is 1. The number of rotatable bonds is 4. The minimum Gasteiger partial charge on any atom is -0.316 e. The molecule has 0 amide bonds. The molecule has 0 saturated carbocycles. The maximum atomic E-state index is 3.54. The Bertz CT molecular complexity index is 373. The molecule has 20 heavy (non-hydrogen) atoms. The Balaban J connectivity index is 1.44. The Hall–Kier alpha value is -0.420. The third-order valence-electron chi connectivity index (χ3n) is 4.56. The van der Waals surface area contributed by atoms with Crippen molar-refractivity contribution >= 4 is 11.3 Å². The van der Waals surface area contributed by atoms with Gasteiger partial charge in [0.25, 0.3) is 0 Å². The van der Waals surface area contributed by atoms with E-state index in [2.05, 4.69) is 32.6 Å². The molecular formula is C16H27N3S. The van der Waals surface area contributed by atoms with Crippen molar-refractivity contribution in [3.05, 3.63) is 22.4 Å². The fraction of sp³-hybridized carbons (Fsp3) is 0.750. The SMILES string of the molecule is c1csc(CN2CCCN(C[C@@H]3CCCNC3)CC2)c1. The first-order chi connectivity index (χ1) is 9.90. The lowest BCUT2D eigenvalue weighted by Gasteiger charge is -2.29. The fourth-order valence-corrected chi connectivity index (χ4v) is 4.18. The van der Waals surface area contributed by atoms with Crippen molar-refractivity contribution in [3.8, 4) is 0 Å². The zero-order valence-electron chi connectivity index (χ0n) is 12.4. The van der Waals surface area contributed by atoms with E-state index in [0.717, 1.165) is 12.5 Å². The highest BCUT2D eigenvalue weighted by molar-refractivity contribution is 7.09. The topological polar surface area (TPSA) is 18.5 Å². The smallest absolute Gasteiger partial charge is 0.0328 e. The van der Waals surface area contributed by atoms with E-state index in [4.69, 9.17) is 0 Å². The molecule has 1 atom stereocenters. The quantitative estimate of drug-likeness (QED) is 0.918. The number of hydrogen-bond donors (Lipinski definition) is 1. The van der Waals surface area contributed by atoms with Gasteiger partial charge in [-0.2, -0.15) is 0 Å². The Labute approximate surface area is 127 Å². The molecule has 3 heterocycles. The lowest BCUT2D eigenvalue weighted by molar-refractivity contribution is 0.207. The van der Waals surface area contributed by atoms with Gasteiger partial charge in [0.15, 0.2) is 0 Å². The first-order valence-electron chi connectivity index (χ1n) is 8.08. The second-order valence-corrected chi connectivity index (χ2v) is 7.25. The van der Waals surface area contributed by atoms with Crippen molar-refractivity contribution in [2.45, 2.75) is 25.8 Å². The first kappa shape index (κ1) is 14.5. The van der Waals surface area contributed by atoms with E-state index >= 15 is 0 Å². The molecule has 3 rings (SSSR count). The number of nitrogens with zero attached hydrogens (tertiary/aromatic N) is 2. The van der Waals surface area contributed by atoms with Crippen LogP contribution in [0, 0.1) is 5.92 Å². The van der Waals surface area contributed by atoms with Crippen LogP contribution >= 0.6 is 11.3 Å². The van der Waals surface area contributed by atoms with Gasteiger partial charge in [-0.3, -0.25) is 4.90 Å². The second kappa shape index (κ2) is 7.55. The van der Waals surface area contributed by atoms with Crippen LogP contribution in [0.4, 0.5) is 0 Å². The van der Waals surface area contributed by atoms with E-state index in [1.807, 2.05) is 11.3 Å². The van der Waals surface area contributed by atoms with Crippen LogP contribution in [-0.2, 0) is 6.54 Å². The van der Waals surface area contributed by atoms with Crippen molar-refractivity contribution in [2.75, 3.05) is 45.8 Å². The monoisotopic (exact) mass is 293 g/mol. The lowest BCUT2D eigenvalue weighted by Crippen LogP contribution is -2.39. The fourth-order valence-electron chi connectivity index (χ4n) is 3.43. The number of piperidine rings is 1. The Kier molecular flexibility index (Phi) is 5.48. The summed E-state index contributed by atoms with van der Waals surface area (Å²) in [6.45, 7) is 9.95. The Morgan fingerprint density at radius 2 is 2.05 bits per heavy atom. The second-order valence-electron chi connectivity index (χ2n) is 6.22. The van der Waals surface area contributed by atoms with Crippen LogP contribution in [-0.4, -0.2) is 55.6 Å². The van der Waals surface area contributed by atoms with Crippen LogP contribution in [0.25, 0.3) is 0 Å². The van der Waals surface area contributed by atoms with E-state index in [1.165, 1.54) is 70.0 Å². The minimum atomic E-state index is 0.882. The summed E-state index contributed by atoms with van der Waals surface area (Å²) in [5.74, 6) is 0.882. The van der Waals surface area contributed by atoms with E-state index in [9.17, 15) is 0 Å². The van der Waals surface area contributed by atoms with Crippen molar-refractivity contribution in [1.82, 2.24) is 15.1 Å². The van der Waals surface area contributed by atoms with Crippen molar-refractivity contribution in [1.29, 1.82) is 0 Å². The molecule has 112 valence electrons. The summed E-state index contributed by atoms with van der Waals surface area (Å²) in [6, 6.07) is 4.43. The average Bonchev–Trinajstić information content (AvgIpc) is 2.88.